The van der Waals surface area contributed by atoms with Gasteiger partial charge in [0.05, 0.1) is 60.4 Å². The number of carbonyl (C=O) groups is 7. The molecule has 82 heavy (non-hydrogen) atoms. The Balaban J connectivity index is 0.789. The van der Waals surface area contributed by atoms with Crippen LogP contribution in [0, 0.1) is 12.7 Å². The number of nitrogens with one attached hydrogen (secondary N) is 6. The fourth-order valence-electron chi connectivity index (χ4n) is 11.4. The number of carbonyl (C=O) groups excluding carboxylic acids is 7. The Labute approximate surface area is 470 Å². The molecule has 7 N–H and O–H groups in total. The first-order valence-corrected chi connectivity index (χ1v) is 27.2. The quantitative estimate of drug-likeness (QED) is 0.0587. The maximum Gasteiger partial charge on any atom is 0.407 e. The van der Waals surface area contributed by atoms with Crippen LogP contribution >= 0.6 is 0 Å². The zero-order valence-corrected chi connectivity index (χ0v) is 46.0. The number of rotatable bonds is 18. The summed E-state index contributed by atoms with van der Waals surface area (Å²) in [4.78, 5) is 113. The Morgan fingerprint density at radius 1 is 0.817 bits per heavy atom. The first-order chi connectivity index (χ1) is 39.2. The highest BCUT2D eigenvalue weighted by Crippen LogP contribution is 2.47. The molecule has 4 aliphatic rings. The van der Waals surface area contributed by atoms with Gasteiger partial charge in [0.1, 0.15) is 37.7 Å². The van der Waals surface area contributed by atoms with Crippen LogP contribution in [0.4, 0.5) is 9.18 Å². The topological polar surface area (TPSA) is 274 Å². The molecule has 0 spiro atoms. The third kappa shape index (κ3) is 11.3. The van der Waals surface area contributed by atoms with Crippen LogP contribution in [0.3, 0.4) is 0 Å². The van der Waals surface area contributed by atoms with Gasteiger partial charge in [0, 0.05) is 34.9 Å². The molecule has 426 valence electrons. The average molecular weight is 1120 g/mol. The van der Waals surface area contributed by atoms with Crippen molar-refractivity contribution in [3.8, 4) is 22.5 Å². The van der Waals surface area contributed by atoms with Crippen molar-refractivity contribution in [1.82, 2.24) is 41.5 Å². The smallest absolute Gasteiger partial charge is 0.407 e. The molecule has 4 aromatic carbocycles. The number of hydrogen-bond donors (Lipinski definition) is 7. The van der Waals surface area contributed by atoms with Gasteiger partial charge in [0.15, 0.2) is 5.60 Å². The molecule has 2 aliphatic heterocycles. The number of esters is 1. The molecule has 0 fully saturated rings. The highest BCUT2D eigenvalue weighted by atomic mass is 19.1. The Bertz CT molecular complexity index is 3610. The van der Waals surface area contributed by atoms with Gasteiger partial charge in [0.25, 0.3) is 5.56 Å². The number of ether oxygens (including phenoxy) is 3. The molecule has 21 heteroatoms. The zero-order valence-electron chi connectivity index (χ0n) is 46.0. The Hall–Kier alpha value is -8.82. The maximum atomic E-state index is 15.6. The van der Waals surface area contributed by atoms with E-state index in [1.165, 1.54) is 10.6 Å². The summed E-state index contributed by atoms with van der Waals surface area (Å²) < 4.78 is 33.9. The molecule has 0 bridgehead atoms. The lowest BCUT2D eigenvalue weighted by atomic mass is 9.81. The van der Waals surface area contributed by atoms with Gasteiger partial charge in [-0.15, -0.1) is 0 Å². The lowest BCUT2D eigenvalue weighted by molar-refractivity contribution is -0.172. The summed E-state index contributed by atoms with van der Waals surface area (Å²) in [6, 6.07) is 24.1. The number of alkyl carbamates (subject to hydrolysis) is 1. The van der Waals surface area contributed by atoms with E-state index in [0.29, 0.717) is 57.4 Å². The van der Waals surface area contributed by atoms with Crippen molar-refractivity contribution in [2.24, 2.45) is 0 Å². The number of hydrogen-bond acceptors (Lipinski definition) is 13. The van der Waals surface area contributed by atoms with Crippen molar-refractivity contribution < 1.29 is 57.3 Å². The second-order valence-corrected chi connectivity index (χ2v) is 21.9. The number of benzene rings is 4. The average Bonchev–Trinajstić information content (AvgIpc) is 4.19. The summed E-state index contributed by atoms with van der Waals surface area (Å²) in [5.74, 6) is -5.15. The summed E-state index contributed by atoms with van der Waals surface area (Å²) >= 11 is 0. The van der Waals surface area contributed by atoms with E-state index in [4.69, 9.17) is 19.2 Å². The number of aromatic nitrogens is 2. The third-order valence-corrected chi connectivity index (χ3v) is 15.6. The monoisotopic (exact) mass is 1120 g/mol. The molecule has 2 aromatic heterocycles. The van der Waals surface area contributed by atoms with Crippen molar-refractivity contribution in [1.29, 1.82) is 0 Å². The fraction of sp³-hybridized carbons (Fsp3) is 0.361. The van der Waals surface area contributed by atoms with Gasteiger partial charge in [-0.1, -0.05) is 85.8 Å². The molecule has 6 aromatic rings. The molecule has 4 atom stereocenters. The van der Waals surface area contributed by atoms with E-state index in [0.717, 1.165) is 22.3 Å². The van der Waals surface area contributed by atoms with Gasteiger partial charge < -0.3 is 55.8 Å². The Kier molecular flexibility index (Phi) is 15.8. The maximum absolute atomic E-state index is 15.6. The number of amides is 6. The summed E-state index contributed by atoms with van der Waals surface area (Å²) in [6.45, 7) is 6.33. The highest BCUT2D eigenvalue weighted by molar-refractivity contribution is 5.96. The number of cyclic esters (lactones) is 1. The molecule has 10 rings (SSSR count). The lowest BCUT2D eigenvalue weighted by Gasteiger charge is -2.32. The van der Waals surface area contributed by atoms with Crippen molar-refractivity contribution in [2.45, 2.75) is 109 Å². The summed E-state index contributed by atoms with van der Waals surface area (Å²) in [7, 11) is 0. The van der Waals surface area contributed by atoms with E-state index >= 15 is 4.39 Å². The largest absolute Gasteiger partial charge is 0.458 e. The summed E-state index contributed by atoms with van der Waals surface area (Å²) in [5, 5.41) is 27.9. The molecular formula is C61H63FN8O12. The van der Waals surface area contributed by atoms with Crippen molar-refractivity contribution in [3.63, 3.8) is 0 Å². The minimum atomic E-state index is -2.08. The van der Waals surface area contributed by atoms with Gasteiger partial charge in [0.2, 0.25) is 29.5 Å². The number of nitrogens with zero attached hydrogens (tertiary/aromatic N) is 2. The number of pyridine rings is 2. The molecule has 6 amide bonds. The molecular weight excluding hydrogens is 1060 g/mol. The summed E-state index contributed by atoms with van der Waals surface area (Å²) in [6.07, 6.45) is -0.249. The minimum Gasteiger partial charge on any atom is -0.458 e. The predicted octanol–water partition coefficient (Wildman–Crippen LogP) is 4.43. The Morgan fingerprint density at radius 2 is 1.46 bits per heavy atom. The molecule has 1 unspecified atom stereocenters. The number of aryl methyl sites for hydroxylation is 1. The van der Waals surface area contributed by atoms with Crippen molar-refractivity contribution in [2.75, 3.05) is 32.8 Å². The Morgan fingerprint density at radius 3 is 2.15 bits per heavy atom. The van der Waals surface area contributed by atoms with Crippen LogP contribution in [-0.4, -0.2) is 107 Å². The van der Waals surface area contributed by atoms with E-state index in [1.54, 1.807) is 71.0 Å². The standard InChI is InChI=1S/C61H63FN8O12/c1-6-61(79)42-23-48-54-39(28-70(48)57(76)41(42)30-80-58(61)77)53-44(21-20-34-32(2)43(62)24-45(68-54)52(34)53)69-56(75)47(31-82-60(3,4)5)67-51(73)27-64-55(74)46(22-33-14-8-7-9-15-33)66-50(72)26-63-49(71)25-65-59(78)81-29-40-37-18-12-10-16-35(37)36-17-11-13-19-38(36)40/h7-19,23-24,40,44,46-47,79H,6,20-22,25-31H2,1-5H3,(H,63,71)(H,64,74)(H,65,78)(H,66,72)(H,67,73)(H,69,75)/t44-,46?,47-,61-/m0/s1. The third-order valence-electron chi connectivity index (χ3n) is 15.6. The van der Waals surface area contributed by atoms with Crippen LogP contribution in [0.1, 0.15) is 103 Å². The van der Waals surface area contributed by atoms with E-state index in [2.05, 4.69) is 31.9 Å². The number of aliphatic hydroxyl groups is 1. The van der Waals surface area contributed by atoms with E-state index in [-0.39, 0.29) is 61.8 Å². The highest BCUT2D eigenvalue weighted by Gasteiger charge is 2.46. The van der Waals surface area contributed by atoms with Gasteiger partial charge >= 0.3 is 12.1 Å². The van der Waals surface area contributed by atoms with E-state index < -0.39 is 102 Å². The first-order valence-electron chi connectivity index (χ1n) is 27.2. The number of fused-ring (bicyclic) bond motifs is 8. The predicted molar refractivity (Wildman–Crippen MR) is 297 cm³/mol. The minimum absolute atomic E-state index is 0.00150. The van der Waals surface area contributed by atoms with Crippen molar-refractivity contribution in [3.05, 3.63) is 157 Å². The van der Waals surface area contributed by atoms with Crippen LogP contribution in [-0.2, 0) is 74.6 Å². The lowest BCUT2D eigenvalue weighted by Crippen LogP contribution is -2.55. The van der Waals surface area contributed by atoms with Crippen molar-refractivity contribution >= 4 is 52.5 Å². The first kappa shape index (κ1) is 56.5. The second kappa shape index (κ2) is 23.0. The number of halogens is 1. The van der Waals surface area contributed by atoms with E-state index in [1.807, 2.05) is 48.5 Å². The van der Waals surface area contributed by atoms with E-state index in [9.17, 15) is 43.5 Å². The second-order valence-electron chi connectivity index (χ2n) is 21.9. The van der Waals surface area contributed by atoms with Gasteiger partial charge in [-0.05, 0) is 97.5 Å². The van der Waals surface area contributed by atoms with Gasteiger partial charge in [-0.3, -0.25) is 28.8 Å². The SMILES string of the molecule is CC[C@@]1(O)C(=O)OCc2c1cc1n(c2=O)Cc2c-1nc1cc(F)c(C)c3c1c2[C@@H](NC(=O)[C@H](COC(C)(C)C)NC(=O)CNC(=O)C(Cc1ccccc1)NC(=O)CNC(=O)CNC(=O)OCC1c2ccccc2-c2ccccc21)CC3. The van der Waals surface area contributed by atoms with Gasteiger partial charge in [-0.2, -0.15) is 0 Å². The molecule has 0 saturated carbocycles. The van der Waals surface area contributed by atoms with Crippen LogP contribution in [0.15, 0.2) is 95.8 Å². The van der Waals surface area contributed by atoms with Crippen LogP contribution in [0.25, 0.3) is 33.4 Å². The zero-order chi connectivity index (χ0) is 58.2. The summed E-state index contributed by atoms with van der Waals surface area (Å²) in [5.41, 5.74) is 4.92. The van der Waals surface area contributed by atoms with Gasteiger partial charge in [-0.25, -0.2) is 19.0 Å². The van der Waals surface area contributed by atoms with Crippen LogP contribution in [0.2, 0.25) is 0 Å². The van der Waals surface area contributed by atoms with Crippen LogP contribution < -0.4 is 37.5 Å². The molecule has 4 heterocycles. The fourth-order valence-corrected chi connectivity index (χ4v) is 11.4. The normalized spacial score (nSPS) is 17.2. The molecule has 20 nitrogen and oxygen atoms in total. The molecule has 2 aliphatic carbocycles. The van der Waals surface area contributed by atoms with Crippen LogP contribution in [0.5, 0.6) is 0 Å². The molecule has 0 saturated heterocycles. The molecule has 0 radical (unpaired) electrons.